The molecule has 3 N–H and O–H groups in total. The molecule has 2 aliphatic rings. The molecule has 0 bridgehead atoms. The number of fused-ring (bicyclic) bond motifs is 4. The van der Waals surface area contributed by atoms with Crippen molar-refractivity contribution in [3.05, 3.63) is 40.7 Å². The minimum absolute atomic E-state index is 0.000644. The van der Waals surface area contributed by atoms with Gasteiger partial charge < -0.3 is 20.5 Å². The molecule has 1 atom stereocenters. The Balaban J connectivity index is 1.54. The number of rotatable bonds is 6. The van der Waals surface area contributed by atoms with Gasteiger partial charge in [0.05, 0.1) is 47.5 Å². The summed E-state index contributed by atoms with van der Waals surface area (Å²) in [5.74, 6) is -0.896. The van der Waals surface area contributed by atoms with Crippen molar-refractivity contribution in [3.8, 4) is 17.3 Å². The van der Waals surface area contributed by atoms with Gasteiger partial charge in [0.1, 0.15) is 16.6 Å². The van der Waals surface area contributed by atoms with Crippen LogP contribution < -0.4 is 10.6 Å². The maximum Gasteiger partial charge on any atom is 0.226 e. The number of hydrogen-bond acceptors (Lipinski definition) is 10. The Kier molecular flexibility index (Phi) is 6.34. The van der Waals surface area contributed by atoms with Gasteiger partial charge in [0.15, 0.2) is 11.6 Å². The number of nitrogens with two attached hydrogens (primary N) is 1. The van der Waals surface area contributed by atoms with Gasteiger partial charge >= 0.3 is 0 Å². The number of likely N-dealkylation sites (N-methyl/N-ethyl adjacent to an activating group) is 1. The van der Waals surface area contributed by atoms with Crippen LogP contribution in [0.3, 0.4) is 0 Å². The number of aliphatic hydroxyl groups excluding tert-OH is 1. The molecule has 0 amide bonds. The quantitative estimate of drug-likeness (QED) is 0.366. The summed E-state index contributed by atoms with van der Waals surface area (Å²) in [5, 5.41) is 20.9. The molecule has 0 spiro atoms. The molecule has 0 aliphatic carbocycles. The molecule has 1 fully saturated rings. The number of aliphatic hydroxyl groups is 1. The van der Waals surface area contributed by atoms with Gasteiger partial charge in [-0.2, -0.15) is 5.26 Å². The molecule has 6 rings (SSSR count). The summed E-state index contributed by atoms with van der Waals surface area (Å²) in [7, 11) is 0. The highest BCUT2D eigenvalue weighted by Gasteiger charge is 2.42. The van der Waals surface area contributed by atoms with E-state index in [1.54, 1.807) is 6.20 Å². The first kappa shape index (κ1) is 25.8. The molecule has 1 unspecified atom stereocenters. The normalized spacial score (nSPS) is 18.9. The third-order valence-electron chi connectivity index (χ3n) is 8.08. The van der Waals surface area contributed by atoms with Gasteiger partial charge in [-0.05, 0) is 30.6 Å². The topological polar surface area (TPSA) is 124 Å². The molecule has 1 saturated heterocycles. The van der Waals surface area contributed by atoms with E-state index < -0.39 is 17.2 Å². The van der Waals surface area contributed by atoms with Crippen LogP contribution in [0.25, 0.3) is 32.2 Å². The van der Waals surface area contributed by atoms with E-state index >= 15 is 4.39 Å². The molecule has 12 heteroatoms. The highest BCUT2D eigenvalue weighted by Crippen LogP contribution is 2.45. The van der Waals surface area contributed by atoms with Crippen molar-refractivity contribution in [1.82, 2.24) is 19.9 Å². The first-order valence-corrected chi connectivity index (χ1v) is 13.6. The smallest absolute Gasteiger partial charge is 0.226 e. The van der Waals surface area contributed by atoms with Gasteiger partial charge in [-0.3, -0.25) is 9.88 Å². The number of pyridine rings is 1. The highest BCUT2D eigenvalue weighted by molar-refractivity contribution is 7.23. The van der Waals surface area contributed by atoms with Crippen LogP contribution in [-0.4, -0.2) is 63.3 Å². The average molecular weight is 552 g/mol. The lowest BCUT2D eigenvalue weighted by Gasteiger charge is -2.38. The molecule has 9 nitrogen and oxygen atoms in total. The Morgan fingerprint density at radius 3 is 2.72 bits per heavy atom. The van der Waals surface area contributed by atoms with Gasteiger partial charge in [0, 0.05) is 35.6 Å². The molecule has 39 heavy (non-hydrogen) atoms. The van der Waals surface area contributed by atoms with E-state index in [-0.39, 0.29) is 57.2 Å². The van der Waals surface area contributed by atoms with E-state index in [9.17, 15) is 14.8 Å². The number of nitriles is 1. The van der Waals surface area contributed by atoms with E-state index in [0.29, 0.717) is 30.0 Å². The number of nitrogens with zero attached hydrogens (tertiary/aromatic N) is 6. The highest BCUT2D eigenvalue weighted by atomic mass is 32.1. The van der Waals surface area contributed by atoms with Crippen LogP contribution in [0, 0.1) is 23.0 Å². The third kappa shape index (κ3) is 3.76. The Bertz CT molecular complexity index is 1670. The van der Waals surface area contributed by atoms with Crippen molar-refractivity contribution in [2.24, 2.45) is 0 Å². The predicted molar refractivity (Wildman–Crippen MR) is 145 cm³/mol. The molecule has 1 aromatic carbocycles. The average Bonchev–Trinajstić information content (AvgIpc) is 3.68. The summed E-state index contributed by atoms with van der Waals surface area (Å²) in [6.45, 7) is 7.22. The monoisotopic (exact) mass is 551 g/mol. The first-order chi connectivity index (χ1) is 18.9. The van der Waals surface area contributed by atoms with Crippen molar-refractivity contribution in [3.63, 3.8) is 0 Å². The van der Waals surface area contributed by atoms with Crippen molar-refractivity contribution >= 4 is 43.3 Å². The molecule has 2 aliphatic heterocycles. The Hall–Kier alpha value is -3.50. The van der Waals surface area contributed by atoms with Crippen molar-refractivity contribution in [1.29, 1.82) is 5.26 Å². The molecular formula is C27H27F2N7O2S. The summed E-state index contributed by atoms with van der Waals surface area (Å²) in [6, 6.07) is 2.03. The summed E-state index contributed by atoms with van der Waals surface area (Å²) in [5.41, 5.74) is 7.36. The third-order valence-corrected chi connectivity index (χ3v) is 9.10. The van der Waals surface area contributed by atoms with Crippen molar-refractivity contribution in [2.45, 2.75) is 39.0 Å². The lowest BCUT2D eigenvalue weighted by atomic mass is 9.94. The number of halogens is 2. The SMILES string of the molecule is CCN(CC)C1(CO)CCN(c2ncc3c4c(c(-c5ncc(F)c6sc(N)c(C#N)c56)c(F)c3n2)COC4)C1. The number of ether oxygens (including phenoxy) is 1. The Morgan fingerprint density at radius 1 is 1.23 bits per heavy atom. The zero-order valence-corrected chi connectivity index (χ0v) is 22.4. The molecule has 0 radical (unpaired) electrons. The standard InChI is InChI=1S/C27H27F2N7O2S/c1-3-36(4-2)27(13-37)5-6-35(12-27)26-33-8-15-16-10-38-11-17(16)19(21(29)22(15)34-26)23-20-14(7-30)25(31)39-24(20)18(28)9-32-23/h8-9,37H,3-6,10-13,31H2,1-2H3. The van der Waals surface area contributed by atoms with Gasteiger partial charge in [-0.25, -0.2) is 18.7 Å². The second kappa shape index (κ2) is 9.60. The number of anilines is 2. The number of hydrogen-bond donors (Lipinski definition) is 2. The maximum atomic E-state index is 16.5. The van der Waals surface area contributed by atoms with Gasteiger partial charge in [0.25, 0.3) is 0 Å². The van der Waals surface area contributed by atoms with E-state index in [4.69, 9.17) is 10.5 Å². The van der Waals surface area contributed by atoms with Crippen LogP contribution in [0.4, 0.5) is 19.7 Å². The fourth-order valence-electron chi connectivity index (χ4n) is 6.10. The van der Waals surface area contributed by atoms with E-state index in [1.807, 2.05) is 11.0 Å². The predicted octanol–water partition coefficient (Wildman–Crippen LogP) is 3.95. The maximum absolute atomic E-state index is 16.5. The molecule has 3 aromatic heterocycles. The second-order valence-corrected chi connectivity index (χ2v) is 11.0. The number of benzene rings is 1. The van der Waals surface area contributed by atoms with E-state index in [1.165, 1.54) is 0 Å². The Morgan fingerprint density at radius 2 is 2.00 bits per heavy atom. The minimum Gasteiger partial charge on any atom is -0.394 e. The van der Waals surface area contributed by atoms with E-state index in [0.717, 1.165) is 42.6 Å². The van der Waals surface area contributed by atoms with Gasteiger partial charge in [0.2, 0.25) is 5.95 Å². The zero-order valence-electron chi connectivity index (χ0n) is 21.6. The second-order valence-electron chi connectivity index (χ2n) is 9.91. The van der Waals surface area contributed by atoms with Gasteiger partial charge in [-0.15, -0.1) is 11.3 Å². The summed E-state index contributed by atoms with van der Waals surface area (Å²) < 4.78 is 37.1. The van der Waals surface area contributed by atoms with E-state index in [2.05, 4.69) is 33.7 Å². The minimum atomic E-state index is -0.636. The first-order valence-electron chi connectivity index (χ1n) is 12.8. The summed E-state index contributed by atoms with van der Waals surface area (Å²) in [4.78, 5) is 17.7. The number of nitrogen functional groups attached to an aromatic ring is 1. The molecular weight excluding hydrogens is 524 g/mol. The summed E-state index contributed by atoms with van der Waals surface area (Å²) >= 11 is 0.938. The molecule has 0 saturated carbocycles. The van der Waals surface area contributed by atoms with Crippen molar-refractivity contribution < 1.29 is 18.6 Å². The van der Waals surface area contributed by atoms with Gasteiger partial charge in [-0.1, -0.05) is 13.8 Å². The fourth-order valence-corrected chi connectivity index (χ4v) is 7.02. The lowest BCUT2D eigenvalue weighted by Crippen LogP contribution is -2.53. The van der Waals surface area contributed by atoms with Crippen LogP contribution >= 0.6 is 11.3 Å². The molecule has 202 valence electrons. The Labute approximate surface area is 227 Å². The van der Waals surface area contributed by atoms with Crippen molar-refractivity contribution in [2.75, 3.05) is 43.4 Å². The molecule has 5 heterocycles. The van der Waals surface area contributed by atoms with Crippen LogP contribution in [0.5, 0.6) is 0 Å². The van der Waals surface area contributed by atoms with Crippen LogP contribution in [0.1, 0.15) is 37.0 Å². The lowest BCUT2D eigenvalue weighted by molar-refractivity contribution is 0.0533. The molecule has 4 aromatic rings. The van der Waals surface area contributed by atoms with Crippen LogP contribution in [-0.2, 0) is 18.0 Å². The summed E-state index contributed by atoms with van der Waals surface area (Å²) in [6.07, 6.45) is 3.37. The fraction of sp³-hybridized carbons (Fsp3) is 0.407. The largest absolute Gasteiger partial charge is 0.394 e. The number of thiophene rings is 1. The number of aromatic nitrogens is 3. The zero-order chi connectivity index (χ0) is 27.5. The van der Waals surface area contributed by atoms with Crippen LogP contribution in [0.15, 0.2) is 12.4 Å². The van der Waals surface area contributed by atoms with Crippen LogP contribution in [0.2, 0.25) is 0 Å².